The number of halogens is 1. The van der Waals surface area contributed by atoms with E-state index in [1.54, 1.807) is 0 Å². The van der Waals surface area contributed by atoms with Crippen molar-refractivity contribution in [3.63, 3.8) is 0 Å². The molecule has 4 N–H and O–H groups in total. The number of hydrogen-bond acceptors (Lipinski definition) is 4. The number of allylic oxidation sites excluding steroid dienone is 2. The van der Waals surface area contributed by atoms with Gasteiger partial charge in [0.25, 0.3) is 0 Å². The summed E-state index contributed by atoms with van der Waals surface area (Å²) in [6.07, 6.45) is 2.71. The molecule has 3 nitrogen and oxygen atoms in total. The quantitative estimate of drug-likeness (QED) is 0.663. The highest BCUT2D eigenvalue weighted by Gasteiger charge is 2.14. The molecule has 2 aromatic rings. The molecule has 0 amide bonds. The standard InChI is InChI=1S/C16H20ClN3S/c1-9-4-7-14-13(8-9)15(21-16(18)19)12(11(3)20-14)6-5-10(2)17/h4-5,7-8,16H,6,18-19H2,1-3H3. The number of thioether (sulfide) groups is 1. The van der Waals surface area contributed by atoms with Crippen LogP contribution in [0.15, 0.2) is 34.2 Å². The van der Waals surface area contributed by atoms with Crippen LogP contribution in [-0.2, 0) is 6.42 Å². The molecule has 112 valence electrons. The van der Waals surface area contributed by atoms with Crippen molar-refractivity contribution in [1.29, 1.82) is 0 Å². The molecule has 0 aliphatic heterocycles. The predicted octanol–water partition coefficient (Wildman–Crippen LogP) is 3.83. The summed E-state index contributed by atoms with van der Waals surface area (Å²) in [6.45, 7) is 5.95. The zero-order chi connectivity index (χ0) is 15.6. The van der Waals surface area contributed by atoms with Gasteiger partial charge in [-0.25, -0.2) is 0 Å². The molecule has 1 aromatic heterocycles. The molecular formula is C16H20ClN3S. The average Bonchev–Trinajstić information content (AvgIpc) is 2.38. The Hall–Kier alpha value is -1.07. The number of hydrogen-bond donors (Lipinski definition) is 2. The molecule has 0 saturated carbocycles. The maximum absolute atomic E-state index is 5.97. The topological polar surface area (TPSA) is 64.9 Å². The summed E-state index contributed by atoms with van der Waals surface area (Å²) >= 11 is 7.44. The first-order chi connectivity index (χ1) is 9.88. The molecule has 0 unspecified atom stereocenters. The van der Waals surface area contributed by atoms with Gasteiger partial charge in [-0.2, -0.15) is 0 Å². The van der Waals surface area contributed by atoms with Crippen LogP contribution in [0.5, 0.6) is 0 Å². The second-order valence-electron chi connectivity index (χ2n) is 5.10. The minimum Gasteiger partial charge on any atom is -0.307 e. The molecule has 0 saturated heterocycles. The zero-order valence-corrected chi connectivity index (χ0v) is 14.1. The Bertz CT molecular complexity index is 691. The van der Waals surface area contributed by atoms with Gasteiger partial charge in [-0.3, -0.25) is 4.98 Å². The van der Waals surface area contributed by atoms with Crippen LogP contribution in [0.3, 0.4) is 0 Å². The third-order valence-corrected chi connectivity index (χ3v) is 4.37. The molecule has 0 bridgehead atoms. The molecule has 21 heavy (non-hydrogen) atoms. The number of nitrogens with two attached hydrogens (primary N) is 2. The number of fused-ring (bicyclic) bond motifs is 1. The van der Waals surface area contributed by atoms with E-state index in [1.165, 1.54) is 17.3 Å². The lowest BCUT2D eigenvalue weighted by molar-refractivity contribution is 0.981. The Morgan fingerprint density at radius 2 is 2.10 bits per heavy atom. The first-order valence-corrected chi connectivity index (χ1v) is 8.04. The highest BCUT2D eigenvalue weighted by molar-refractivity contribution is 8.00. The first kappa shape index (κ1) is 16.3. The van der Waals surface area contributed by atoms with Gasteiger partial charge in [0.2, 0.25) is 0 Å². The van der Waals surface area contributed by atoms with Gasteiger partial charge in [-0.05, 0) is 44.9 Å². The highest BCUT2D eigenvalue weighted by atomic mass is 35.5. The molecule has 0 aliphatic carbocycles. The fourth-order valence-corrected chi connectivity index (χ4v) is 3.27. The minimum absolute atomic E-state index is 0.463. The maximum atomic E-state index is 5.97. The van der Waals surface area contributed by atoms with Crippen molar-refractivity contribution in [3.05, 3.63) is 46.1 Å². The molecule has 0 spiro atoms. The van der Waals surface area contributed by atoms with Crippen LogP contribution in [0.1, 0.15) is 23.7 Å². The second-order valence-corrected chi connectivity index (χ2v) is 6.89. The molecular weight excluding hydrogens is 302 g/mol. The van der Waals surface area contributed by atoms with Gasteiger partial charge in [0.1, 0.15) is 5.50 Å². The third-order valence-electron chi connectivity index (χ3n) is 3.24. The Morgan fingerprint density at radius 1 is 1.38 bits per heavy atom. The Balaban J connectivity index is 2.69. The van der Waals surface area contributed by atoms with E-state index in [9.17, 15) is 0 Å². The van der Waals surface area contributed by atoms with E-state index >= 15 is 0 Å². The van der Waals surface area contributed by atoms with Crippen LogP contribution in [0, 0.1) is 13.8 Å². The van der Waals surface area contributed by atoms with Crippen LogP contribution in [-0.4, -0.2) is 10.5 Å². The number of nitrogens with zero attached hydrogens (tertiary/aromatic N) is 1. The summed E-state index contributed by atoms with van der Waals surface area (Å²) in [5.74, 6) is 0. The third kappa shape index (κ3) is 3.98. The number of benzene rings is 1. The number of aryl methyl sites for hydroxylation is 2. The van der Waals surface area contributed by atoms with Crippen molar-refractivity contribution in [3.8, 4) is 0 Å². The second kappa shape index (κ2) is 6.79. The van der Waals surface area contributed by atoms with Crippen molar-refractivity contribution in [2.24, 2.45) is 11.5 Å². The summed E-state index contributed by atoms with van der Waals surface area (Å²) in [7, 11) is 0. The lowest BCUT2D eigenvalue weighted by Gasteiger charge is -2.16. The summed E-state index contributed by atoms with van der Waals surface area (Å²) in [4.78, 5) is 5.80. The molecule has 5 heteroatoms. The predicted molar refractivity (Wildman–Crippen MR) is 92.6 cm³/mol. The van der Waals surface area contributed by atoms with Crippen LogP contribution in [0.4, 0.5) is 0 Å². The minimum atomic E-state index is -0.463. The van der Waals surface area contributed by atoms with Crippen molar-refractivity contribution < 1.29 is 0 Å². The number of pyridine rings is 1. The smallest absolute Gasteiger partial charge is 0.105 e. The van der Waals surface area contributed by atoms with E-state index in [4.69, 9.17) is 28.1 Å². The van der Waals surface area contributed by atoms with Gasteiger partial charge in [0.05, 0.1) is 5.52 Å². The van der Waals surface area contributed by atoms with Crippen LogP contribution in [0.25, 0.3) is 10.9 Å². The SMILES string of the molecule is CC(Cl)=CCc1c(C)nc2ccc(C)cc2c1SC(N)N. The molecule has 0 aliphatic rings. The van der Waals surface area contributed by atoms with Crippen molar-refractivity contribution in [2.45, 2.75) is 37.6 Å². The van der Waals surface area contributed by atoms with Gasteiger partial charge in [0.15, 0.2) is 0 Å². The summed E-state index contributed by atoms with van der Waals surface area (Å²) in [6, 6.07) is 6.23. The Morgan fingerprint density at radius 3 is 2.71 bits per heavy atom. The first-order valence-electron chi connectivity index (χ1n) is 6.78. The van der Waals surface area contributed by atoms with Gasteiger partial charge in [-0.1, -0.05) is 41.1 Å². The number of aromatic nitrogens is 1. The fourth-order valence-electron chi connectivity index (χ4n) is 2.26. The summed E-state index contributed by atoms with van der Waals surface area (Å²) < 4.78 is 0. The largest absolute Gasteiger partial charge is 0.307 e. The van der Waals surface area contributed by atoms with Gasteiger partial charge in [-0.15, -0.1) is 0 Å². The summed E-state index contributed by atoms with van der Waals surface area (Å²) in [5, 5.41) is 1.87. The average molecular weight is 322 g/mol. The van der Waals surface area contributed by atoms with Crippen molar-refractivity contribution in [2.75, 3.05) is 0 Å². The molecule has 0 radical (unpaired) electrons. The Labute approximate surface area is 134 Å². The van der Waals surface area contributed by atoms with Gasteiger partial charge in [0, 0.05) is 21.0 Å². The van der Waals surface area contributed by atoms with Crippen LogP contribution in [0.2, 0.25) is 0 Å². The van der Waals surface area contributed by atoms with E-state index in [2.05, 4.69) is 19.1 Å². The van der Waals surface area contributed by atoms with E-state index < -0.39 is 5.50 Å². The van der Waals surface area contributed by atoms with Crippen LogP contribution >= 0.6 is 23.4 Å². The van der Waals surface area contributed by atoms with E-state index in [1.807, 2.05) is 26.0 Å². The zero-order valence-electron chi connectivity index (χ0n) is 12.5. The summed E-state index contributed by atoms with van der Waals surface area (Å²) in [5.41, 5.74) is 15.4. The molecule has 1 aromatic carbocycles. The van der Waals surface area contributed by atoms with Gasteiger partial charge >= 0.3 is 0 Å². The normalized spacial score (nSPS) is 12.4. The van der Waals surface area contributed by atoms with Crippen LogP contribution < -0.4 is 11.5 Å². The van der Waals surface area contributed by atoms with E-state index in [0.29, 0.717) is 0 Å². The molecule has 0 fully saturated rings. The maximum Gasteiger partial charge on any atom is 0.105 e. The highest BCUT2D eigenvalue weighted by Crippen LogP contribution is 2.34. The number of rotatable bonds is 4. The lowest BCUT2D eigenvalue weighted by atomic mass is 10.0. The van der Waals surface area contributed by atoms with Crippen molar-refractivity contribution >= 4 is 34.3 Å². The van der Waals surface area contributed by atoms with E-state index in [-0.39, 0.29) is 0 Å². The fraction of sp³-hybridized carbons (Fsp3) is 0.312. The lowest BCUT2D eigenvalue weighted by Crippen LogP contribution is -2.26. The molecule has 2 rings (SSSR count). The monoisotopic (exact) mass is 321 g/mol. The Kier molecular flexibility index (Phi) is 5.27. The van der Waals surface area contributed by atoms with E-state index in [0.717, 1.165) is 38.5 Å². The van der Waals surface area contributed by atoms with Crippen molar-refractivity contribution in [1.82, 2.24) is 4.98 Å². The molecule has 0 atom stereocenters. The van der Waals surface area contributed by atoms with Gasteiger partial charge < -0.3 is 11.5 Å². The molecule has 1 heterocycles.